The van der Waals surface area contributed by atoms with Gasteiger partial charge in [0, 0.05) is 11.6 Å². The Labute approximate surface area is 159 Å². The lowest BCUT2D eigenvalue weighted by Gasteiger charge is -2.08. The lowest BCUT2D eigenvalue weighted by Crippen LogP contribution is -2.26. The van der Waals surface area contributed by atoms with Crippen LogP contribution < -0.4 is 4.72 Å². The summed E-state index contributed by atoms with van der Waals surface area (Å²) in [6.45, 7) is 0.160. The van der Waals surface area contributed by atoms with Crippen LogP contribution in [-0.2, 0) is 34.2 Å². The molecule has 0 aliphatic carbocycles. The van der Waals surface area contributed by atoms with Gasteiger partial charge < -0.3 is 5.11 Å². The second-order valence-corrected chi connectivity index (χ2v) is 8.48. The smallest absolute Gasteiger partial charge is 0.307 e. The van der Waals surface area contributed by atoms with Crippen LogP contribution in [0.25, 0.3) is 0 Å². The number of rotatable bonds is 10. The summed E-state index contributed by atoms with van der Waals surface area (Å²) in [5.74, 6) is -0.849. The third kappa shape index (κ3) is 7.56. The summed E-state index contributed by atoms with van der Waals surface area (Å²) >= 11 is 5.84. The summed E-state index contributed by atoms with van der Waals surface area (Å²) in [5, 5.41) is 9.50. The maximum absolute atomic E-state index is 12.1. The molecule has 0 heterocycles. The Balaban J connectivity index is 1.76. The first-order valence-electron chi connectivity index (χ1n) is 8.35. The van der Waals surface area contributed by atoms with Crippen molar-refractivity contribution in [3.05, 3.63) is 70.2 Å². The topological polar surface area (TPSA) is 83.5 Å². The molecule has 7 heteroatoms. The van der Waals surface area contributed by atoms with Crippen molar-refractivity contribution in [2.45, 2.75) is 32.2 Å². The second-order valence-electron chi connectivity index (χ2n) is 6.11. The number of carbonyl (C=O) groups is 1. The van der Waals surface area contributed by atoms with Crippen LogP contribution in [0, 0.1) is 0 Å². The number of halogens is 1. The number of sulfonamides is 1. The third-order valence-electron chi connectivity index (χ3n) is 3.88. The first-order chi connectivity index (χ1) is 12.3. The van der Waals surface area contributed by atoms with Crippen LogP contribution in [0.1, 0.15) is 29.5 Å². The van der Waals surface area contributed by atoms with Crippen molar-refractivity contribution in [3.63, 3.8) is 0 Å². The minimum Gasteiger partial charge on any atom is -0.481 e. The van der Waals surface area contributed by atoms with Crippen LogP contribution >= 0.6 is 11.6 Å². The van der Waals surface area contributed by atoms with Gasteiger partial charge in [-0.3, -0.25) is 4.79 Å². The fourth-order valence-electron chi connectivity index (χ4n) is 2.56. The number of carboxylic acid groups (broad SMARTS) is 1. The number of unbranched alkanes of at least 4 members (excludes halogenated alkanes) is 1. The van der Waals surface area contributed by atoms with Gasteiger partial charge in [-0.25, -0.2) is 13.1 Å². The first-order valence-corrected chi connectivity index (χ1v) is 10.4. The Bertz CT molecular complexity index is 835. The number of hydrogen-bond donors (Lipinski definition) is 2. The Morgan fingerprint density at radius 2 is 1.69 bits per heavy atom. The second kappa shape index (κ2) is 9.71. The average molecular weight is 396 g/mol. The van der Waals surface area contributed by atoms with E-state index >= 15 is 0 Å². The highest BCUT2D eigenvalue weighted by atomic mass is 35.5. The van der Waals surface area contributed by atoms with E-state index in [0.29, 0.717) is 17.0 Å². The minimum atomic E-state index is -3.36. The summed E-state index contributed by atoms with van der Waals surface area (Å²) in [6, 6.07) is 14.5. The van der Waals surface area contributed by atoms with E-state index < -0.39 is 16.0 Å². The molecule has 0 saturated heterocycles. The lowest BCUT2D eigenvalue weighted by molar-refractivity contribution is -0.136. The minimum absolute atomic E-state index is 0.0649. The van der Waals surface area contributed by atoms with Crippen molar-refractivity contribution in [2.24, 2.45) is 0 Å². The molecule has 0 aromatic heterocycles. The fraction of sp³-hybridized carbons (Fsp3) is 0.316. The number of aliphatic carboxylic acids is 1. The van der Waals surface area contributed by atoms with E-state index in [2.05, 4.69) is 4.72 Å². The highest BCUT2D eigenvalue weighted by molar-refractivity contribution is 7.89. The zero-order chi connectivity index (χ0) is 19.0. The van der Waals surface area contributed by atoms with E-state index in [1.165, 1.54) is 0 Å². The molecule has 0 bridgehead atoms. The Kier molecular flexibility index (Phi) is 7.63. The molecule has 140 valence electrons. The standard InChI is InChI=1S/C19H22ClNO4S/c20-18-9-7-15(8-10-18)4-1-2-11-26(24,25)21-14-17-6-3-5-16(12-17)13-19(22)23/h3,5-10,12,21H,1-2,4,11,13-14H2,(H,22,23). The molecule has 0 atom stereocenters. The molecule has 0 spiro atoms. The van der Waals surface area contributed by atoms with Gasteiger partial charge in [-0.1, -0.05) is 48.0 Å². The van der Waals surface area contributed by atoms with E-state index in [4.69, 9.17) is 16.7 Å². The van der Waals surface area contributed by atoms with Crippen molar-refractivity contribution in [1.82, 2.24) is 4.72 Å². The number of benzene rings is 2. The van der Waals surface area contributed by atoms with Crippen LogP contribution in [-0.4, -0.2) is 25.2 Å². The summed E-state index contributed by atoms with van der Waals surface area (Å²) in [7, 11) is -3.36. The van der Waals surface area contributed by atoms with Crippen molar-refractivity contribution < 1.29 is 18.3 Å². The molecule has 0 radical (unpaired) electrons. The first kappa shape index (κ1) is 20.4. The molecule has 0 fully saturated rings. The maximum atomic E-state index is 12.1. The molecule has 2 aromatic rings. The summed E-state index contributed by atoms with van der Waals surface area (Å²) in [5.41, 5.74) is 2.53. The van der Waals surface area contributed by atoms with E-state index in [-0.39, 0.29) is 18.7 Å². The van der Waals surface area contributed by atoms with Crippen molar-refractivity contribution >= 4 is 27.6 Å². The van der Waals surface area contributed by atoms with Gasteiger partial charge in [0.1, 0.15) is 0 Å². The maximum Gasteiger partial charge on any atom is 0.307 e. The number of hydrogen-bond acceptors (Lipinski definition) is 3. The molecule has 0 aliphatic rings. The zero-order valence-corrected chi connectivity index (χ0v) is 15.9. The van der Waals surface area contributed by atoms with Gasteiger partial charge in [0.15, 0.2) is 0 Å². The zero-order valence-electron chi connectivity index (χ0n) is 14.3. The van der Waals surface area contributed by atoms with Gasteiger partial charge in [-0.2, -0.15) is 0 Å². The van der Waals surface area contributed by atoms with E-state index in [0.717, 1.165) is 24.0 Å². The molecular formula is C19H22ClNO4S. The molecule has 0 amide bonds. The highest BCUT2D eigenvalue weighted by Crippen LogP contribution is 2.12. The van der Waals surface area contributed by atoms with Crippen LogP contribution in [0.3, 0.4) is 0 Å². The molecule has 5 nitrogen and oxygen atoms in total. The number of nitrogens with one attached hydrogen (secondary N) is 1. The summed E-state index contributed by atoms with van der Waals surface area (Å²) in [4.78, 5) is 10.7. The van der Waals surface area contributed by atoms with Crippen molar-refractivity contribution in [2.75, 3.05) is 5.75 Å². The molecule has 2 N–H and O–H groups in total. The van der Waals surface area contributed by atoms with E-state index in [1.807, 2.05) is 24.3 Å². The van der Waals surface area contributed by atoms with E-state index in [9.17, 15) is 13.2 Å². The monoisotopic (exact) mass is 395 g/mol. The predicted octanol–water partition coefficient (Wildman–Crippen LogP) is 3.41. The number of carboxylic acids is 1. The van der Waals surface area contributed by atoms with Crippen LogP contribution in [0.15, 0.2) is 48.5 Å². The summed E-state index contributed by atoms with van der Waals surface area (Å²) in [6.07, 6.45) is 2.07. The van der Waals surface area contributed by atoms with E-state index in [1.54, 1.807) is 24.3 Å². The molecule has 2 rings (SSSR count). The van der Waals surface area contributed by atoms with Gasteiger partial charge >= 0.3 is 5.97 Å². The van der Waals surface area contributed by atoms with Crippen LogP contribution in [0.2, 0.25) is 5.02 Å². The quantitative estimate of drug-likeness (QED) is 0.604. The van der Waals surface area contributed by atoms with Crippen LogP contribution in [0.5, 0.6) is 0 Å². The van der Waals surface area contributed by atoms with Crippen LogP contribution in [0.4, 0.5) is 0 Å². The van der Waals surface area contributed by atoms with Gasteiger partial charge in [-0.15, -0.1) is 0 Å². The molecular weight excluding hydrogens is 374 g/mol. The molecule has 2 aromatic carbocycles. The third-order valence-corrected chi connectivity index (χ3v) is 5.55. The largest absolute Gasteiger partial charge is 0.481 e. The Morgan fingerprint density at radius 3 is 2.38 bits per heavy atom. The Morgan fingerprint density at radius 1 is 1.00 bits per heavy atom. The van der Waals surface area contributed by atoms with Gasteiger partial charge in [0.05, 0.1) is 12.2 Å². The molecule has 0 aliphatic heterocycles. The average Bonchev–Trinajstić information content (AvgIpc) is 2.58. The van der Waals surface area contributed by atoms with Gasteiger partial charge in [0.2, 0.25) is 10.0 Å². The van der Waals surface area contributed by atoms with Gasteiger partial charge in [0.25, 0.3) is 0 Å². The molecule has 26 heavy (non-hydrogen) atoms. The summed E-state index contributed by atoms with van der Waals surface area (Å²) < 4.78 is 26.8. The predicted molar refractivity (Wildman–Crippen MR) is 103 cm³/mol. The van der Waals surface area contributed by atoms with Crippen molar-refractivity contribution in [3.8, 4) is 0 Å². The van der Waals surface area contributed by atoms with Crippen molar-refractivity contribution in [1.29, 1.82) is 0 Å². The van der Waals surface area contributed by atoms with Gasteiger partial charge in [-0.05, 0) is 48.1 Å². The fourth-order valence-corrected chi connectivity index (χ4v) is 3.80. The normalized spacial score (nSPS) is 11.4. The SMILES string of the molecule is O=C(O)Cc1cccc(CNS(=O)(=O)CCCCc2ccc(Cl)cc2)c1. The number of aryl methyl sites for hydroxylation is 1. The highest BCUT2D eigenvalue weighted by Gasteiger charge is 2.10. The Hall–Kier alpha value is -1.89. The molecule has 0 saturated carbocycles. The lowest BCUT2D eigenvalue weighted by atomic mass is 10.1. The molecule has 0 unspecified atom stereocenters.